The second kappa shape index (κ2) is 18.1. The Kier molecular flexibility index (Phi) is 13.2. The van der Waals surface area contributed by atoms with Crippen molar-refractivity contribution in [3.8, 4) is 22.3 Å². The molecule has 1 N–H and O–H groups in total. The van der Waals surface area contributed by atoms with Crippen molar-refractivity contribution in [3.05, 3.63) is 174 Å². The first kappa shape index (κ1) is 42.3. The van der Waals surface area contributed by atoms with E-state index in [2.05, 4.69) is 17.9 Å². The monoisotopic (exact) mass is 838 g/mol. The molecular formula is C46H44ClFN2O6S2. The maximum absolute atomic E-state index is 14.5. The number of hydrogen-bond acceptors (Lipinski definition) is 6. The molecular weight excluding hydrogens is 795 g/mol. The summed E-state index contributed by atoms with van der Waals surface area (Å²) in [6.45, 7) is 7.61. The normalized spacial score (nSPS) is 12.9. The molecule has 8 nitrogen and oxygen atoms in total. The van der Waals surface area contributed by atoms with E-state index in [4.69, 9.17) is 16.3 Å². The van der Waals surface area contributed by atoms with Crippen molar-refractivity contribution < 1.29 is 30.8 Å². The largest absolute Gasteiger partial charge is 0.465 e. The number of rotatable bonds is 17. The van der Waals surface area contributed by atoms with Gasteiger partial charge in [-0.3, -0.25) is 0 Å². The zero-order valence-electron chi connectivity index (χ0n) is 32.2. The van der Waals surface area contributed by atoms with Gasteiger partial charge in [0.1, 0.15) is 5.82 Å². The molecule has 0 fully saturated rings. The van der Waals surface area contributed by atoms with E-state index in [0.717, 1.165) is 44.4 Å². The van der Waals surface area contributed by atoms with Crippen LogP contribution in [-0.2, 0) is 50.9 Å². The Morgan fingerprint density at radius 2 is 1.45 bits per heavy atom. The highest BCUT2D eigenvalue weighted by Crippen LogP contribution is 2.45. The second-order valence-electron chi connectivity index (χ2n) is 13.9. The molecule has 12 heteroatoms. The zero-order chi connectivity index (χ0) is 41.6. The van der Waals surface area contributed by atoms with Crippen molar-refractivity contribution in [1.82, 2.24) is 9.29 Å². The maximum Gasteiger partial charge on any atom is 0.337 e. The number of fused-ring (bicyclic) bond motifs is 1. The highest BCUT2D eigenvalue weighted by atomic mass is 35.5. The van der Waals surface area contributed by atoms with Crippen LogP contribution in [0.5, 0.6) is 0 Å². The van der Waals surface area contributed by atoms with Crippen LogP contribution >= 0.6 is 11.6 Å². The number of sulfonamides is 1. The fraction of sp³-hybridized carbons (Fsp3) is 0.196. The number of aryl methyl sites for hydroxylation is 2. The van der Waals surface area contributed by atoms with Gasteiger partial charge in [-0.2, -0.15) is 0 Å². The number of esters is 1. The van der Waals surface area contributed by atoms with E-state index in [1.165, 1.54) is 49.6 Å². The number of nitrogens with zero attached hydrogens (tertiary/aromatic N) is 1. The number of carbonyl (C=O) groups is 1. The van der Waals surface area contributed by atoms with Gasteiger partial charge in [-0.15, -0.1) is 13.2 Å². The molecule has 1 aromatic heterocycles. The van der Waals surface area contributed by atoms with E-state index in [9.17, 15) is 26.0 Å². The SMILES string of the molecule is C=CC(Cc1ccccc1F)S(=O)(=O)NCCc1c(CCC(C=C)S(=O)(=O)c2ccc(C(=O)OC)cc2)c2c(-c3ccccc3)c(Cl)c(-c3ccccc3)cc2n1C. The van der Waals surface area contributed by atoms with Crippen LogP contribution in [0.2, 0.25) is 5.02 Å². The summed E-state index contributed by atoms with van der Waals surface area (Å²) in [6, 6.07) is 33.1. The summed E-state index contributed by atoms with van der Waals surface area (Å²) in [5, 5.41) is -0.760. The third kappa shape index (κ3) is 8.73. The molecule has 1 heterocycles. The van der Waals surface area contributed by atoms with Crippen LogP contribution in [0.3, 0.4) is 0 Å². The van der Waals surface area contributed by atoms with Crippen molar-refractivity contribution >= 4 is 48.3 Å². The molecule has 300 valence electrons. The summed E-state index contributed by atoms with van der Waals surface area (Å²) in [7, 11) is -4.78. The Balaban J connectivity index is 1.43. The molecule has 0 amide bonds. The molecule has 0 saturated carbocycles. The number of hydrogen-bond donors (Lipinski definition) is 1. The Bertz CT molecular complexity index is 2680. The number of carbonyl (C=O) groups excluding carboxylic acids is 1. The van der Waals surface area contributed by atoms with Gasteiger partial charge in [0, 0.05) is 47.7 Å². The fourth-order valence-electron chi connectivity index (χ4n) is 7.38. The number of nitrogens with one attached hydrogen (secondary N) is 1. The van der Waals surface area contributed by atoms with Crippen LogP contribution in [0.1, 0.15) is 33.6 Å². The Morgan fingerprint density at radius 3 is 2.05 bits per heavy atom. The lowest BCUT2D eigenvalue weighted by molar-refractivity contribution is 0.0600. The van der Waals surface area contributed by atoms with Crippen molar-refractivity contribution in [2.45, 2.75) is 41.1 Å². The maximum atomic E-state index is 14.5. The molecule has 0 aliphatic heterocycles. The lowest BCUT2D eigenvalue weighted by atomic mass is 9.92. The number of sulfone groups is 1. The summed E-state index contributed by atoms with van der Waals surface area (Å²) in [6.07, 6.45) is 3.25. The summed E-state index contributed by atoms with van der Waals surface area (Å²) in [4.78, 5) is 12.1. The molecule has 2 unspecified atom stereocenters. The smallest absolute Gasteiger partial charge is 0.337 e. The average Bonchev–Trinajstić information content (AvgIpc) is 3.49. The van der Waals surface area contributed by atoms with Crippen LogP contribution in [0.4, 0.5) is 4.39 Å². The number of halogens is 2. The van der Waals surface area contributed by atoms with E-state index in [1.54, 1.807) is 18.2 Å². The minimum absolute atomic E-state index is 0.00319. The number of benzene rings is 5. The lowest BCUT2D eigenvalue weighted by Crippen LogP contribution is -2.36. The van der Waals surface area contributed by atoms with Gasteiger partial charge in [0.2, 0.25) is 10.0 Å². The molecule has 6 aromatic rings. The first-order valence-electron chi connectivity index (χ1n) is 18.6. The van der Waals surface area contributed by atoms with Crippen LogP contribution in [0.25, 0.3) is 33.2 Å². The van der Waals surface area contributed by atoms with Crippen molar-refractivity contribution in [2.75, 3.05) is 13.7 Å². The van der Waals surface area contributed by atoms with Gasteiger partial charge in [0.25, 0.3) is 0 Å². The summed E-state index contributed by atoms with van der Waals surface area (Å²) < 4.78 is 79.4. The van der Waals surface area contributed by atoms with Gasteiger partial charge in [-0.05, 0) is 77.9 Å². The van der Waals surface area contributed by atoms with E-state index in [0.29, 0.717) is 5.02 Å². The van der Waals surface area contributed by atoms with E-state index in [1.807, 2.05) is 78.3 Å². The lowest BCUT2D eigenvalue weighted by Gasteiger charge is -2.17. The molecule has 6 rings (SSSR count). The summed E-state index contributed by atoms with van der Waals surface area (Å²) in [5.41, 5.74) is 6.24. The van der Waals surface area contributed by atoms with Gasteiger partial charge >= 0.3 is 5.97 Å². The first-order chi connectivity index (χ1) is 27.8. The van der Waals surface area contributed by atoms with Crippen molar-refractivity contribution in [2.24, 2.45) is 7.05 Å². The molecule has 2 atom stereocenters. The third-order valence-corrected chi connectivity index (χ3v) is 14.8. The van der Waals surface area contributed by atoms with Crippen LogP contribution < -0.4 is 4.72 Å². The Morgan fingerprint density at radius 1 is 0.845 bits per heavy atom. The summed E-state index contributed by atoms with van der Waals surface area (Å²) >= 11 is 7.39. The standard InChI is InChI=1S/C46H44ClFN2O6S2/c1-5-35(57(52,53)37-23-21-33(22-24-37)46(51)56-4)25-26-38-41(27-28-49-58(54,55)36(6-2)29-34-19-13-14-20-40(34)48)50(3)42-30-39(31-15-9-7-10-16-31)45(47)43(44(38)42)32-17-11-8-12-18-32/h5-24,30,35-36,49H,1-2,25-29H2,3-4H3. The second-order valence-corrected chi connectivity index (χ2v) is 18.4. The van der Waals surface area contributed by atoms with Crippen molar-refractivity contribution in [3.63, 3.8) is 0 Å². The van der Waals surface area contributed by atoms with Crippen LogP contribution in [0, 0.1) is 5.82 Å². The quantitative estimate of drug-likeness (QED) is 0.0725. The highest BCUT2D eigenvalue weighted by molar-refractivity contribution is 7.92. The average molecular weight is 839 g/mol. The molecule has 0 saturated heterocycles. The van der Waals surface area contributed by atoms with Gasteiger partial charge in [-0.1, -0.05) is 103 Å². The van der Waals surface area contributed by atoms with Crippen LogP contribution in [0.15, 0.2) is 145 Å². The predicted molar refractivity (Wildman–Crippen MR) is 231 cm³/mol. The van der Waals surface area contributed by atoms with Crippen LogP contribution in [-0.4, -0.2) is 51.5 Å². The van der Waals surface area contributed by atoms with E-state index in [-0.39, 0.29) is 48.3 Å². The number of aromatic nitrogens is 1. The third-order valence-electron chi connectivity index (χ3n) is 10.5. The highest BCUT2D eigenvalue weighted by Gasteiger charge is 2.29. The zero-order valence-corrected chi connectivity index (χ0v) is 34.6. The molecule has 0 bridgehead atoms. The summed E-state index contributed by atoms with van der Waals surface area (Å²) in [5.74, 6) is -1.08. The van der Waals surface area contributed by atoms with Gasteiger partial charge in [0.15, 0.2) is 9.84 Å². The Labute approximate surface area is 344 Å². The predicted octanol–water partition coefficient (Wildman–Crippen LogP) is 9.31. The topological polar surface area (TPSA) is 112 Å². The van der Waals surface area contributed by atoms with Gasteiger partial charge in [-0.25, -0.2) is 30.7 Å². The minimum Gasteiger partial charge on any atom is -0.465 e. The first-order valence-corrected chi connectivity index (χ1v) is 22.1. The molecule has 0 radical (unpaired) electrons. The number of ether oxygens (including phenoxy) is 1. The van der Waals surface area contributed by atoms with E-state index >= 15 is 0 Å². The van der Waals surface area contributed by atoms with Crippen molar-refractivity contribution in [1.29, 1.82) is 0 Å². The van der Waals surface area contributed by atoms with E-state index < -0.39 is 42.1 Å². The molecule has 0 aliphatic rings. The van der Waals surface area contributed by atoms with Gasteiger partial charge < -0.3 is 9.30 Å². The fourth-order valence-corrected chi connectivity index (χ4v) is 10.5. The molecule has 58 heavy (non-hydrogen) atoms. The molecule has 0 spiro atoms. The Hall–Kier alpha value is -5.33. The van der Waals surface area contributed by atoms with Gasteiger partial charge in [0.05, 0.1) is 33.1 Å². The minimum atomic E-state index is -3.99. The molecule has 0 aliphatic carbocycles. The number of methoxy groups -OCH3 is 1. The molecule has 5 aromatic carbocycles.